The smallest absolute Gasteiger partial charge is 0.337 e. The number of ketones is 1. The third-order valence-electron chi connectivity index (χ3n) is 7.59. The van der Waals surface area contributed by atoms with Gasteiger partial charge in [0.05, 0.1) is 18.6 Å². The van der Waals surface area contributed by atoms with Crippen LogP contribution in [-0.2, 0) is 14.3 Å². The highest BCUT2D eigenvalue weighted by Crippen LogP contribution is 2.47. The average molecular weight is 472 g/mol. The van der Waals surface area contributed by atoms with E-state index < -0.39 is 5.92 Å². The molecule has 0 aromatic heterocycles. The minimum atomic E-state index is -0.511. The number of ether oxygens (including phenoxy) is 2. The van der Waals surface area contributed by atoms with Gasteiger partial charge in [-0.05, 0) is 56.6 Å². The molecular weight excluding hydrogens is 438 g/mol. The highest BCUT2D eigenvalue weighted by atomic mass is 16.5. The number of benzene rings is 2. The molecule has 2 atom stereocenters. The molecule has 1 N–H and O–H groups in total. The molecule has 0 unspecified atom stereocenters. The molecular formula is C30H33NO4. The van der Waals surface area contributed by atoms with Crippen molar-refractivity contribution in [3.63, 3.8) is 0 Å². The zero-order chi connectivity index (χ0) is 24.4. The Labute approximate surface area is 207 Å². The second kappa shape index (κ2) is 10.1. The Kier molecular flexibility index (Phi) is 6.76. The summed E-state index contributed by atoms with van der Waals surface area (Å²) in [4.78, 5) is 27.4. The summed E-state index contributed by atoms with van der Waals surface area (Å²) in [6.07, 6.45) is 6.23. The van der Waals surface area contributed by atoms with Crippen molar-refractivity contribution in [2.24, 2.45) is 0 Å². The summed E-state index contributed by atoms with van der Waals surface area (Å²) in [6, 6.07) is 17.9. The minimum Gasteiger partial charge on any atom is -0.496 e. The van der Waals surface area contributed by atoms with E-state index in [9.17, 15) is 9.59 Å². The SMILES string of the molecule is COc1ccccc1[C@H]1C(C(=O)OC2CCCCC2)=C(C)NC2=C1C(=O)C[C@H](c1ccccc1)C2. The van der Waals surface area contributed by atoms with E-state index in [1.807, 2.05) is 49.4 Å². The molecule has 2 aromatic carbocycles. The summed E-state index contributed by atoms with van der Waals surface area (Å²) < 4.78 is 11.7. The first-order valence-electron chi connectivity index (χ1n) is 12.7. The molecule has 1 fully saturated rings. The van der Waals surface area contributed by atoms with Crippen LogP contribution >= 0.6 is 0 Å². The molecule has 35 heavy (non-hydrogen) atoms. The molecule has 1 saturated carbocycles. The molecule has 2 aliphatic carbocycles. The van der Waals surface area contributed by atoms with E-state index in [0.717, 1.165) is 54.6 Å². The van der Waals surface area contributed by atoms with Crippen LogP contribution in [-0.4, -0.2) is 25.0 Å². The number of hydrogen-bond donors (Lipinski definition) is 1. The summed E-state index contributed by atoms with van der Waals surface area (Å²) >= 11 is 0. The first kappa shape index (κ1) is 23.4. The Morgan fingerprint density at radius 1 is 0.943 bits per heavy atom. The van der Waals surface area contributed by atoms with E-state index in [2.05, 4.69) is 17.4 Å². The molecule has 5 nitrogen and oxygen atoms in total. The lowest BCUT2D eigenvalue weighted by molar-refractivity contribution is -0.146. The normalized spacial score (nSPS) is 23.0. The third-order valence-corrected chi connectivity index (χ3v) is 7.59. The number of dihydropyridines is 1. The summed E-state index contributed by atoms with van der Waals surface area (Å²) in [5, 5.41) is 3.45. The van der Waals surface area contributed by atoms with E-state index in [-0.39, 0.29) is 23.8 Å². The van der Waals surface area contributed by atoms with Crippen molar-refractivity contribution >= 4 is 11.8 Å². The number of allylic oxidation sites excluding steroid dienone is 3. The maximum Gasteiger partial charge on any atom is 0.337 e. The number of esters is 1. The molecule has 0 radical (unpaired) electrons. The van der Waals surface area contributed by atoms with E-state index >= 15 is 0 Å². The van der Waals surface area contributed by atoms with Crippen molar-refractivity contribution in [1.29, 1.82) is 0 Å². The van der Waals surface area contributed by atoms with Gasteiger partial charge in [0, 0.05) is 29.0 Å². The molecule has 1 heterocycles. The van der Waals surface area contributed by atoms with E-state index in [0.29, 0.717) is 23.3 Å². The molecule has 0 spiro atoms. The van der Waals surface area contributed by atoms with Crippen molar-refractivity contribution in [3.05, 3.63) is 88.3 Å². The molecule has 3 aliphatic rings. The Balaban J connectivity index is 1.56. The van der Waals surface area contributed by atoms with Gasteiger partial charge in [0.2, 0.25) is 0 Å². The van der Waals surface area contributed by atoms with Crippen LogP contribution < -0.4 is 10.1 Å². The van der Waals surface area contributed by atoms with Crippen molar-refractivity contribution in [1.82, 2.24) is 5.32 Å². The summed E-state index contributed by atoms with van der Waals surface area (Å²) in [5.41, 5.74) is 4.82. The number of hydrogen-bond acceptors (Lipinski definition) is 5. The number of carbonyl (C=O) groups is 2. The molecule has 0 bridgehead atoms. The van der Waals surface area contributed by atoms with Gasteiger partial charge in [-0.2, -0.15) is 0 Å². The lowest BCUT2D eigenvalue weighted by Crippen LogP contribution is -2.37. The molecule has 1 aliphatic heterocycles. The maximum absolute atomic E-state index is 13.7. The molecule has 5 rings (SSSR count). The number of methoxy groups -OCH3 is 1. The number of Topliss-reactive ketones (excluding diaryl/α,β-unsaturated/α-hetero) is 1. The zero-order valence-electron chi connectivity index (χ0n) is 20.5. The van der Waals surface area contributed by atoms with Gasteiger partial charge >= 0.3 is 5.97 Å². The molecule has 5 heteroatoms. The predicted octanol–water partition coefficient (Wildman–Crippen LogP) is 5.93. The van der Waals surface area contributed by atoms with Crippen LogP contribution in [0.1, 0.15) is 74.8 Å². The summed E-state index contributed by atoms with van der Waals surface area (Å²) in [6.45, 7) is 1.92. The Morgan fingerprint density at radius 3 is 2.40 bits per heavy atom. The highest BCUT2D eigenvalue weighted by molar-refractivity contribution is 6.04. The first-order valence-corrected chi connectivity index (χ1v) is 12.7. The van der Waals surface area contributed by atoms with E-state index in [1.165, 1.54) is 6.42 Å². The molecule has 182 valence electrons. The van der Waals surface area contributed by atoms with Crippen molar-refractivity contribution < 1.29 is 19.1 Å². The van der Waals surface area contributed by atoms with Crippen molar-refractivity contribution in [2.75, 3.05) is 7.11 Å². The van der Waals surface area contributed by atoms with Gasteiger partial charge in [-0.15, -0.1) is 0 Å². The Hall–Kier alpha value is -3.34. The monoisotopic (exact) mass is 471 g/mol. The fraction of sp³-hybridized carbons (Fsp3) is 0.400. The van der Waals surface area contributed by atoms with E-state index in [1.54, 1.807) is 7.11 Å². The van der Waals surface area contributed by atoms with Crippen molar-refractivity contribution in [2.45, 2.75) is 69.8 Å². The molecule has 0 saturated heterocycles. The van der Waals surface area contributed by atoms with Gasteiger partial charge in [-0.1, -0.05) is 55.0 Å². The fourth-order valence-corrected chi connectivity index (χ4v) is 5.88. The highest BCUT2D eigenvalue weighted by Gasteiger charge is 2.42. The van der Waals surface area contributed by atoms with Gasteiger partial charge in [0.1, 0.15) is 11.9 Å². The zero-order valence-corrected chi connectivity index (χ0v) is 20.5. The second-order valence-electron chi connectivity index (χ2n) is 9.84. The van der Waals surface area contributed by atoms with Crippen LogP contribution in [0.3, 0.4) is 0 Å². The van der Waals surface area contributed by atoms with Crippen LogP contribution in [0.5, 0.6) is 5.75 Å². The number of para-hydroxylation sites is 1. The number of carbonyl (C=O) groups excluding carboxylic acids is 2. The van der Waals surface area contributed by atoms with Crippen LogP contribution in [0.25, 0.3) is 0 Å². The largest absolute Gasteiger partial charge is 0.496 e. The average Bonchev–Trinajstić information content (AvgIpc) is 2.88. The third kappa shape index (κ3) is 4.64. The van der Waals surface area contributed by atoms with Crippen LogP contribution in [0, 0.1) is 0 Å². The lowest BCUT2D eigenvalue weighted by atomic mass is 9.71. The standard InChI is InChI=1S/C30H33NO4/c1-19-27(30(33)35-22-13-7-4-8-14-22)28(23-15-9-10-16-26(23)34-2)29-24(31-19)17-21(18-25(29)32)20-11-5-3-6-12-20/h3,5-6,9-12,15-16,21-22,28,31H,4,7-8,13-14,17-18H2,1-2H3/t21-,28+/m1/s1. The van der Waals surface area contributed by atoms with E-state index in [4.69, 9.17) is 9.47 Å². The Morgan fingerprint density at radius 2 is 1.66 bits per heavy atom. The van der Waals surface area contributed by atoms with Gasteiger partial charge in [-0.3, -0.25) is 4.79 Å². The van der Waals surface area contributed by atoms with Crippen LogP contribution in [0.2, 0.25) is 0 Å². The van der Waals surface area contributed by atoms with Gasteiger partial charge in [-0.25, -0.2) is 4.79 Å². The first-order chi connectivity index (χ1) is 17.1. The fourth-order valence-electron chi connectivity index (χ4n) is 5.88. The Bertz CT molecular complexity index is 1170. The van der Waals surface area contributed by atoms with Crippen molar-refractivity contribution in [3.8, 4) is 5.75 Å². The summed E-state index contributed by atoms with van der Waals surface area (Å²) in [5.74, 6) is 0.000775. The second-order valence-corrected chi connectivity index (χ2v) is 9.84. The van der Waals surface area contributed by atoms with Gasteiger partial charge in [0.25, 0.3) is 0 Å². The van der Waals surface area contributed by atoms with Gasteiger partial charge < -0.3 is 14.8 Å². The number of nitrogens with one attached hydrogen (secondary N) is 1. The lowest BCUT2D eigenvalue weighted by Gasteiger charge is -2.37. The van der Waals surface area contributed by atoms with Crippen LogP contribution in [0.4, 0.5) is 0 Å². The quantitative estimate of drug-likeness (QED) is 0.548. The predicted molar refractivity (Wildman–Crippen MR) is 135 cm³/mol. The topological polar surface area (TPSA) is 64.6 Å². The molecule has 2 aromatic rings. The molecule has 0 amide bonds. The minimum absolute atomic E-state index is 0.0604. The van der Waals surface area contributed by atoms with Gasteiger partial charge in [0.15, 0.2) is 5.78 Å². The summed E-state index contributed by atoms with van der Waals surface area (Å²) in [7, 11) is 1.62. The van der Waals surface area contributed by atoms with Crippen LogP contribution in [0.15, 0.2) is 77.1 Å². The number of rotatable bonds is 5. The maximum atomic E-state index is 13.7.